The number of carboxylic acid groups (broad SMARTS) is 1. The molecule has 6 nitrogen and oxygen atoms in total. The first-order valence-electron chi connectivity index (χ1n) is 9.76. The first kappa shape index (κ1) is 18.6. The second kappa shape index (κ2) is 7.46. The SMILES string of the molecule is O=C(O)C1C2CCC(CC2)C1Nc1cc(-c2ccc(-c3cccs3)o2)nc(Cl)n1. The fraction of sp³-hybridized carbons (Fsp3) is 0.381. The van der Waals surface area contributed by atoms with Crippen LogP contribution in [-0.4, -0.2) is 27.1 Å². The van der Waals surface area contributed by atoms with Crippen molar-refractivity contribution in [2.24, 2.45) is 17.8 Å². The number of carbonyl (C=O) groups is 1. The summed E-state index contributed by atoms with van der Waals surface area (Å²) in [6, 6.07) is 9.38. The normalized spacial score (nSPS) is 25.8. The van der Waals surface area contributed by atoms with Crippen molar-refractivity contribution in [1.29, 1.82) is 0 Å². The highest BCUT2D eigenvalue weighted by Gasteiger charge is 2.47. The largest absolute Gasteiger partial charge is 0.481 e. The summed E-state index contributed by atoms with van der Waals surface area (Å²) in [5.74, 6) is 1.35. The molecule has 6 rings (SSSR count). The van der Waals surface area contributed by atoms with Gasteiger partial charge in [-0.1, -0.05) is 6.07 Å². The number of nitrogens with one attached hydrogen (secondary N) is 1. The van der Waals surface area contributed by atoms with Crippen molar-refractivity contribution in [3.8, 4) is 22.1 Å². The molecule has 29 heavy (non-hydrogen) atoms. The molecular formula is C21H20ClN3O3S. The van der Waals surface area contributed by atoms with Gasteiger partial charge in [0.1, 0.15) is 17.3 Å². The number of furan rings is 1. The average Bonchev–Trinajstić information content (AvgIpc) is 3.40. The second-order valence-corrected chi connectivity index (χ2v) is 9.04. The van der Waals surface area contributed by atoms with Gasteiger partial charge in [0.15, 0.2) is 5.76 Å². The number of nitrogens with zero attached hydrogens (tertiary/aromatic N) is 2. The minimum atomic E-state index is -0.732. The fourth-order valence-electron chi connectivity index (χ4n) is 4.83. The van der Waals surface area contributed by atoms with E-state index in [0.717, 1.165) is 36.3 Å². The van der Waals surface area contributed by atoms with Crippen LogP contribution in [0.2, 0.25) is 5.28 Å². The van der Waals surface area contributed by atoms with E-state index in [4.69, 9.17) is 16.0 Å². The Labute approximate surface area is 177 Å². The maximum atomic E-state index is 11.9. The first-order valence-corrected chi connectivity index (χ1v) is 11.0. The summed E-state index contributed by atoms with van der Waals surface area (Å²) >= 11 is 7.79. The van der Waals surface area contributed by atoms with Crippen LogP contribution in [0.15, 0.2) is 40.1 Å². The Kier molecular flexibility index (Phi) is 4.80. The molecule has 0 radical (unpaired) electrons. The fourth-order valence-corrected chi connectivity index (χ4v) is 5.70. The van der Waals surface area contributed by atoms with Gasteiger partial charge in [0, 0.05) is 12.1 Å². The number of hydrogen-bond acceptors (Lipinski definition) is 6. The molecule has 0 aliphatic heterocycles. The molecule has 3 heterocycles. The summed E-state index contributed by atoms with van der Waals surface area (Å²) in [5.41, 5.74) is 0.572. The van der Waals surface area contributed by atoms with Crippen molar-refractivity contribution >= 4 is 34.7 Å². The number of halogens is 1. The van der Waals surface area contributed by atoms with Crippen LogP contribution >= 0.6 is 22.9 Å². The van der Waals surface area contributed by atoms with E-state index in [1.165, 1.54) is 0 Å². The quantitative estimate of drug-likeness (QED) is 0.526. The van der Waals surface area contributed by atoms with Gasteiger partial charge < -0.3 is 14.8 Å². The number of aliphatic carboxylic acids is 1. The number of anilines is 1. The highest BCUT2D eigenvalue weighted by molar-refractivity contribution is 7.13. The molecule has 3 aromatic rings. The summed E-state index contributed by atoms with van der Waals surface area (Å²) in [7, 11) is 0. The Morgan fingerprint density at radius 3 is 2.62 bits per heavy atom. The molecule has 3 aliphatic carbocycles. The Balaban J connectivity index is 1.43. The van der Waals surface area contributed by atoms with Gasteiger partial charge in [-0.25, -0.2) is 9.97 Å². The lowest BCUT2D eigenvalue weighted by Gasteiger charge is -2.47. The molecule has 0 saturated heterocycles. The van der Waals surface area contributed by atoms with Crippen molar-refractivity contribution in [2.75, 3.05) is 5.32 Å². The number of thiophene rings is 1. The highest BCUT2D eigenvalue weighted by atomic mass is 35.5. The number of carboxylic acids is 1. The predicted molar refractivity (Wildman–Crippen MR) is 112 cm³/mol. The molecule has 0 amide bonds. The van der Waals surface area contributed by atoms with E-state index in [9.17, 15) is 9.90 Å². The Hall–Kier alpha value is -2.38. The zero-order valence-corrected chi connectivity index (χ0v) is 17.1. The molecule has 8 heteroatoms. The van der Waals surface area contributed by atoms with E-state index in [2.05, 4.69) is 15.3 Å². The Morgan fingerprint density at radius 2 is 1.90 bits per heavy atom. The van der Waals surface area contributed by atoms with Gasteiger partial charge >= 0.3 is 5.97 Å². The third-order valence-electron chi connectivity index (χ3n) is 6.14. The number of aromatic nitrogens is 2. The number of hydrogen-bond donors (Lipinski definition) is 2. The summed E-state index contributed by atoms with van der Waals surface area (Å²) in [6.07, 6.45) is 4.10. The molecule has 2 atom stereocenters. The highest BCUT2D eigenvalue weighted by Crippen LogP contribution is 2.46. The molecule has 3 aliphatic rings. The van der Waals surface area contributed by atoms with E-state index >= 15 is 0 Å². The lowest BCUT2D eigenvalue weighted by atomic mass is 9.61. The summed E-state index contributed by atoms with van der Waals surface area (Å²) < 4.78 is 5.96. The van der Waals surface area contributed by atoms with Gasteiger partial charge in [0.25, 0.3) is 0 Å². The summed E-state index contributed by atoms with van der Waals surface area (Å²) in [6.45, 7) is 0. The second-order valence-electron chi connectivity index (χ2n) is 7.76. The third kappa shape index (κ3) is 3.53. The molecule has 2 N–H and O–H groups in total. The van der Waals surface area contributed by atoms with Gasteiger partial charge in [-0.2, -0.15) is 0 Å². The van der Waals surface area contributed by atoms with E-state index < -0.39 is 11.9 Å². The lowest BCUT2D eigenvalue weighted by Crippen LogP contribution is -2.51. The van der Waals surface area contributed by atoms with Gasteiger partial charge in [-0.3, -0.25) is 4.79 Å². The van der Waals surface area contributed by atoms with E-state index in [0.29, 0.717) is 23.2 Å². The van der Waals surface area contributed by atoms with E-state index in [-0.39, 0.29) is 17.2 Å². The summed E-state index contributed by atoms with van der Waals surface area (Å²) in [4.78, 5) is 21.5. The first-order chi connectivity index (χ1) is 14.1. The lowest BCUT2D eigenvalue weighted by molar-refractivity contribution is -0.148. The maximum absolute atomic E-state index is 11.9. The van der Waals surface area contributed by atoms with Crippen molar-refractivity contribution in [3.63, 3.8) is 0 Å². The third-order valence-corrected chi connectivity index (χ3v) is 7.19. The van der Waals surface area contributed by atoms with E-state index in [1.54, 1.807) is 17.4 Å². The Morgan fingerprint density at radius 1 is 1.14 bits per heavy atom. The molecule has 3 saturated carbocycles. The van der Waals surface area contributed by atoms with Gasteiger partial charge in [-0.05, 0) is 72.7 Å². The molecule has 0 aromatic carbocycles. The van der Waals surface area contributed by atoms with Crippen LogP contribution in [0.25, 0.3) is 22.1 Å². The van der Waals surface area contributed by atoms with Crippen molar-refractivity contribution in [1.82, 2.24) is 9.97 Å². The van der Waals surface area contributed by atoms with Crippen LogP contribution in [0.1, 0.15) is 25.7 Å². The van der Waals surface area contributed by atoms with Crippen molar-refractivity contribution in [2.45, 2.75) is 31.7 Å². The van der Waals surface area contributed by atoms with E-state index in [1.807, 2.05) is 29.6 Å². The molecule has 3 aromatic heterocycles. The van der Waals surface area contributed by atoms with Crippen LogP contribution < -0.4 is 5.32 Å². The van der Waals surface area contributed by atoms with Gasteiger partial charge in [-0.15, -0.1) is 11.3 Å². The standard InChI is InChI=1S/C21H20ClN3O3S/c22-21-23-13(14-7-8-15(28-14)16-2-1-9-29-16)10-17(25-21)24-19-12-5-3-11(4-6-12)18(19)20(26)27/h1-2,7-12,18-19H,3-6H2,(H,26,27)(H,23,24,25). The zero-order chi connectivity index (χ0) is 20.0. The van der Waals surface area contributed by atoms with Crippen molar-refractivity contribution < 1.29 is 14.3 Å². The number of fused-ring (bicyclic) bond motifs is 3. The number of rotatable bonds is 5. The minimum Gasteiger partial charge on any atom is -0.481 e. The minimum absolute atomic E-state index is 0.104. The van der Waals surface area contributed by atoms with Crippen LogP contribution in [0, 0.1) is 17.8 Å². The van der Waals surface area contributed by atoms with Crippen LogP contribution in [0.3, 0.4) is 0 Å². The van der Waals surface area contributed by atoms with Crippen molar-refractivity contribution in [3.05, 3.63) is 41.0 Å². The van der Waals surface area contributed by atoms with Crippen LogP contribution in [-0.2, 0) is 4.79 Å². The molecular weight excluding hydrogens is 410 g/mol. The Bertz CT molecular complexity index is 1030. The molecule has 2 bridgehead atoms. The molecule has 2 unspecified atom stereocenters. The monoisotopic (exact) mass is 429 g/mol. The predicted octanol–water partition coefficient (Wildman–Crippen LogP) is 5.42. The van der Waals surface area contributed by atoms with Gasteiger partial charge in [0.05, 0.1) is 10.8 Å². The average molecular weight is 430 g/mol. The summed E-state index contributed by atoms with van der Waals surface area (Å²) in [5, 5.41) is 15.3. The maximum Gasteiger partial charge on any atom is 0.308 e. The molecule has 0 spiro atoms. The van der Waals surface area contributed by atoms with Crippen LogP contribution in [0.4, 0.5) is 5.82 Å². The molecule has 150 valence electrons. The zero-order valence-electron chi connectivity index (χ0n) is 15.5. The smallest absolute Gasteiger partial charge is 0.308 e. The molecule has 3 fully saturated rings. The topological polar surface area (TPSA) is 88.2 Å². The van der Waals surface area contributed by atoms with Gasteiger partial charge in [0.2, 0.25) is 5.28 Å². The van der Waals surface area contributed by atoms with Crippen LogP contribution in [0.5, 0.6) is 0 Å².